The highest BCUT2D eigenvalue weighted by Gasteiger charge is 2.33. The zero-order valence-electron chi connectivity index (χ0n) is 13.6. The third-order valence-electron chi connectivity index (χ3n) is 4.69. The lowest BCUT2D eigenvalue weighted by Gasteiger charge is -2.32. The van der Waals surface area contributed by atoms with Crippen LogP contribution < -0.4 is 0 Å². The van der Waals surface area contributed by atoms with Crippen molar-refractivity contribution in [3.63, 3.8) is 0 Å². The molecule has 2 aromatic rings. The van der Waals surface area contributed by atoms with Gasteiger partial charge < -0.3 is 4.74 Å². The normalized spacial score (nSPS) is 18.0. The molecule has 1 atom stereocenters. The minimum absolute atomic E-state index is 0.172. The second-order valence-electron chi connectivity index (χ2n) is 6.66. The summed E-state index contributed by atoms with van der Waals surface area (Å²) in [4.78, 5) is 1.34. The van der Waals surface area contributed by atoms with E-state index in [1.807, 2.05) is 0 Å². The summed E-state index contributed by atoms with van der Waals surface area (Å²) >= 11 is 5.36. The Morgan fingerprint density at radius 2 is 2.09 bits per heavy atom. The summed E-state index contributed by atoms with van der Waals surface area (Å²) in [6, 6.07) is 8.85. The first-order valence-electron chi connectivity index (χ1n) is 7.73. The summed E-state index contributed by atoms with van der Waals surface area (Å²) in [5, 5.41) is 2.15. The molecule has 117 valence electrons. The van der Waals surface area contributed by atoms with Gasteiger partial charge in [0.15, 0.2) is 0 Å². The Bertz CT molecular complexity index is 672. The van der Waals surface area contributed by atoms with Gasteiger partial charge in [0.25, 0.3) is 0 Å². The van der Waals surface area contributed by atoms with E-state index in [0.717, 1.165) is 17.3 Å². The number of hydrogen-bond acceptors (Lipinski definition) is 2. The molecule has 0 fully saturated rings. The summed E-state index contributed by atoms with van der Waals surface area (Å²) in [7, 11) is 0. The molecule has 1 heterocycles. The Hall–Kier alpha value is -0.640. The third kappa shape index (κ3) is 3.04. The molecule has 3 heteroatoms. The SMILES string of the molecule is C[C](C)C(C)(C)OC1CCc2c(-c3cc(Br)cs3)cccc21. The van der Waals surface area contributed by atoms with Gasteiger partial charge in [-0.15, -0.1) is 11.3 Å². The minimum atomic E-state index is -0.172. The monoisotopic (exact) mass is 377 g/mol. The lowest BCUT2D eigenvalue weighted by molar-refractivity contribution is -0.0618. The fraction of sp³-hybridized carbons (Fsp3) is 0.421. The molecule has 1 aliphatic carbocycles. The molecule has 0 bridgehead atoms. The van der Waals surface area contributed by atoms with Gasteiger partial charge in [0.2, 0.25) is 0 Å². The van der Waals surface area contributed by atoms with Crippen LogP contribution in [-0.2, 0) is 11.2 Å². The zero-order valence-corrected chi connectivity index (χ0v) is 16.0. The van der Waals surface area contributed by atoms with E-state index in [4.69, 9.17) is 4.74 Å². The highest BCUT2D eigenvalue weighted by atomic mass is 79.9. The van der Waals surface area contributed by atoms with Crippen LogP contribution in [0.4, 0.5) is 0 Å². The maximum atomic E-state index is 6.44. The fourth-order valence-corrected chi connectivity index (χ4v) is 4.38. The van der Waals surface area contributed by atoms with Crippen molar-refractivity contribution in [3.05, 3.63) is 51.2 Å². The summed E-state index contributed by atoms with van der Waals surface area (Å²) in [5.74, 6) is 1.32. The van der Waals surface area contributed by atoms with Gasteiger partial charge in [0.1, 0.15) is 0 Å². The topological polar surface area (TPSA) is 9.23 Å². The van der Waals surface area contributed by atoms with Gasteiger partial charge >= 0.3 is 0 Å². The van der Waals surface area contributed by atoms with Crippen LogP contribution in [0.15, 0.2) is 34.1 Å². The van der Waals surface area contributed by atoms with E-state index in [0.29, 0.717) is 0 Å². The minimum Gasteiger partial charge on any atom is -0.367 e. The molecule has 1 aromatic carbocycles. The molecule has 1 aromatic heterocycles. The van der Waals surface area contributed by atoms with Crippen molar-refractivity contribution in [1.29, 1.82) is 0 Å². The lowest BCUT2D eigenvalue weighted by atomic mass is 9.94. The standard InChI is InChI=1S/C19H22BrOS/c1-12(2)19(3,4)21-17-9-8-14-15(17)6-5-7-16(14)18-10-13(20)11-22-18/h5-7,10-11,17H,8-9H2,1-4H3. The Morgan fingerprint density at radius 3 is 2.73 bits per heavy atom. The molecule has 22 heavy (non-hydrogen) atoms. The fourth-order valence-electron chi connectivity index (χ4n) is 2.90. The molecular formula is C19H22BrOS. The maximum Gasteiger partial charge on any atom is 0.0838 e. The molecule has 0 N–H and O–H groups in total. The molecule has 3 rings (SSSR count). The second-order valence-corrected chi connectivity index (χ2v) is 8.48. The van der Waals surface area contributed by atoms with E-state index < -0.39 is 0 Å². The Balaban J connectivity index is 1.93. The predicted octanol–water partition coefficient (Wildman–Crippen LogP) is 6.57. The van der Waals surface area contributed by atoms with Gasteiger partial charge in [-0.05, 0) is 65.4 Å². The molecule has 0 saturated carbocycles. The number of halogens is 1. The Labute approximate surface area is 145 Å². The van der Waals surface area contributed by atoms with Crippen LogP contribution in [0.25, 0.3) is 10.4 Å². The van der Waals surface area contributed by atoms with Gasteiger partial charge in [0, 0.05) is 20.6 Å². The van der Waals surface area contributed by atoms with Crippen molar-refractivity contribution < 1.29 is 4.74 Å². The van der Waals surface area contributed by atoms with E-state index in [2.05, 4.69) is 73.3 Å². The number of benzene rings is 1. The summed E-state index contributed by atoms with van der Waals surface area (Å²) < 4.78 is 7.60. The second kappa shape index (κ2) is 6.10. The molecule has 1 radical (unpaired) electrons. The average Bonchev–Trinajstić information content (AvgIpc) is 3.05. The molecule has 0 aliphatic heterocycles. The summed E-state index contributed by atoms with van der Waals surface area (Å²) in [6.07, 6.45) is 2.39. The van der Waals surface area contributed by atoms with E-state index in [1.165, 1.54) is 27.5 Å². The molecular weight excluding hydrogens is 356 g/mol. The van der Waals surface area contributed by atoms with Gasteiger partial charge in [0.05, 0.1) is 11.7 Å². The number of ether oxygens (including phenoxy) is 1. The van der Waals surface area contributed by atoms with Crippen LogP contribution in [0.3, 0.4) is 0 Å². The van der Waals surface area contributed by atoms with E-state index in [-0.39, 0.29) is 11.7 Å². The van der Waals surface area contributed by atoms with Crippen LogP contribution >= 0.6 is 27.3 Å². The number of thiophene rings is 1. The first kappa shape index (κ1) is 16.2. The number of rotatable bonds is 4. The average molecular weight is 378 g/mol. The molecule has 1 nitrogen and oxygen atoms in total. The maximum absolute atomic E-state index is 6.44. The molecule has 1 aliphatic rings. The van der Waals surface area contributed by atoms with Crippen molar-refractivity contribution in [2.75, 3.05) is 0 Å². The highest BCUT2D eigenvalue weighted by Crippen LogP contribution is 2.44. The molecule has 0 amide bonds. The predicted molar refractivity (Wildman–Crippen MR) is 98.3 cm³/mol. The van der Waals surface area contributed by atoms with E-state index in [9.17, 15) is 0 Å². The lowest BCUT2D eigenvalue weighted by Crippen LogP contribution is -2.31. The Morgan fingerprint density at radius 1 is 1.32 bits per heavy atom. The van der Waals surface area contributed by atoms with Crippen molar-refractivity contribution >= 4 is 27.3 Å². The zero-order chi connectivity index (χ0) is 15.9. The first-order valence-corrected chi connectivity index (χ1v) is 9.40. The van der Waals surface area contributed by atoms with Gasteiger partial charge in [-0.1, -0.05) is 32.0 Å². The van der Waals surface area contributed by atoms with Gasteiger partial charge in [-0.2, -0.15) is 0 Å². The number of fused-ring (bicyclic) bond motifs is 1. The molecule has 0 saturated heterocycles. The quantitative estimate of drug-likeness (QED) is 0.584. The van der Waals surface area contributed by atoms with Crippen LogP contribution in [0, 0.1) is 5.92 Å². The molecule has 0 spiro atoms. The smallest absolute Gasteiger partial charge is 0.0838 e. The summed E-state index contributed by atoms with van der Waals surface area (Å²) in [5.41, 5.74) is 4.03. The first-order chi connectivity index (χ1) is 10.4. The summed E-state index contributed by atoms with van der Waals surface area (Å²) in [6.45, 7) is 8.63. The van der Waals surface area contributed by atoms with Crippen LogP contribution in [0.5, 0.6) is 0 Å². The largest absolute Gasteiger partial charge is 0.367 e. The van der Waals surface area contributed by atoms with Crippen molar-refractivity contribution in [2.45, 2.75) is 52.2 Å². The van der Waals surface area contributed by atoms with Gasteiger partial charge in [-0.25, -0.2) is 0 Å². The van der Waals surface area contributed by atoms with Crippen LogP contribution in [0.2, 0.25) is 0 Å². The third-order valence-corrected chi connectivity index (χ3v) is 6.41. The van der Waals surface area contributed by atoms with Crippen molar-refractivity contribution in [1.82, 2.24) is 0 Å². The van der Waals surface area contributed by atoms with Gasteiger partial charge in [-0.3, -0.25) is 0 Å². The number of hydrogen-bond donors (Lipinski definition) is 0. The Kier molecular flexibility index (Phi) is 4.50. The van der Waals surface area contributed by atoms with Crippen LogP contribution in [0.1, 0.15) is 51.3 Å². The van der Waals surface area contributed by atoms with Crippen LogP contribution in [-0.4, -0.2) is 5.60 Å². The van der Waals surface area contributed by atoms with Crippen molar-refractivity contribution in [3.8, 4) is 10.4 Å². The highest BCUT2D eigenvalue weighted by molar-refractivity contribution is 9.10. The van der Waals surface area contributed by atoms with E-state index in [1.54, 1.807) is 11.3 Å². The van der Waals surface area contributed by atoms with E-state index >= 15 is 0 Å². The molecule has 1 unspecified atom stereocenters. The van der Waals surface area contributed by atoms with Crippen molar-refractivity contribution in [2.24, 2.45) is 0 Å².